The number of aryl methyl sites for hydroxylation is 1. The zero-order chi connectivity index (χ0) is 16.0. The molecule has 0 unspecified atom stereocenters. The van der Waals surface area contributed by atoms with Gasteiger partial charge in [-0.15, -0.1) is 0 Å². The molecule has 3 aromatic rings. The van der Waals surface area contributed by atoms with E-state index in [0.717, 1.165) is 6.42 Å². The van der Waals surface area contributed by atoms with E-state index in [1.54, 1.807) is 0 Å². The highest BCUT2D eigenvalue weighted by molar-refractivity contribution is 5.83. The Bertz CT molecular complexity index is 870. The predicted octanol–water partition coefficient (Wildman–Crippen LogP) is 5.89. The van der Waals surface area contributed by atoms with Crippen LogP contribution in [-0.2, 0) is 11.8 Å². The molecular formula is C23H22. The molecule has 0 saturated carbocycles. The molecule has 0 heteroatoms. The first-order valence-corrected chi connectivity index (χ1v) is 8.35. The van der Waals surface area contributed by atoms with Gasteiger partial charge in [-0.1, -0.05) is 80.6 Å². The maximum absolute atomic E-state index is 2.42. The van der Waals surface area contributed by atoms with Gasteiger partial charge in [-0.2, -0.15) is 0 Å². The second-order valence-corrected chi connectivity index (χ2v) is 7.16. The van der Waals surface area contributed by atoms with Gasteiger partial charge in [0.15, 0.2) is 0 Å². The Morgan fingerprint density at radius 1 is 0.739 bits per heavy atom. The van der Waals surface area contributed by atoms with Crippen molar-refractivity contribution < 1.29 is 0 Å². The molecule has 0 spiro atoms. The summed E-state index contributed by atoms with van der Waals surface area (Å²) >= 11 is 0. The molecule has 0 fully saturated rings. The van der Waals surface area contributed by atoms with Crippen molar-refractivity contribution in [3.05, 3.63) is 94.5 Å². The van der Waals surface area contributed by atoms with Crippen LogP contribution in [0.1, 0.15) is 41.7 Å². The zero-order valence-corrected chi connectivity index (χ0v) is 14.1. The SMILES string of the molecule is Cc1cccc2c1-c1ccc(Cc3ccccc3)cc1C2(C)C. The van der Waals surface area contributed by atoms with Crippen molar-refractivity contribution in [3.8, 4) is 11.1 Å². The molecule has 0 heterocycles. The van der Waals surface area contributed by atoms with Crippen LogP contribution >= 0.6 is 0 Å². The summed E-state index contributed by atoms with van der Waals surface area (Å²) in [5, 5.41) is 0. The van der Waals surface area contributed by atoms with Crippen molar-refractivity contribution in [2.24, 2.45) is 0 Å². The first-order chi connectivity index (χ1) is 11.1. The number of rotatable bonds is 2. The molecule has 0 aliphatic heterocycles. The Labute approximate surface area is 138 Å². The minimum atomic E-state index is 0.0867. The Kier molecular flexibility index (Phi) is 3.16. The monoisotopic (exact) mass is 298 g/mol. The largest absolute Gasteiger partial charge is 0.0622 e. The second-order valence-electron chi connectivity index (χ2n) is 7.16. The van der Waals surface area contributed by atoms with Crippen molar-refractivity contribution in [1.82, 2.24) is 0 Å². The van der Waals surface area contributed by atoms with Crippen LogP contribution in [0.5, 0.6) is 0 Å². The smallest absolute Gasteiger partial charge is 0.0159 e. The molecule has 1 aliphatic rings. The molecule has 0 saturated heterocycles. The molecule has 4 rings (SSSR count). The molecule has 3 aromatic carbocycles. The molecule has 0 nitrogen and oxygen atoms in total. The Morgan fingerprint density at radius 3 is 2.30 bits per heavy atom. The number of fused-ring (bicyclic) bond motifs is 3. The van der Waals surface area contributed by atoms with Gasteiger partial charge in [-0.3, -0.25) is 0 Å². The molecule has 0 aromatic heterocycles. The minimum Gasteiger partial charge on any atom is -0.0622 e. The Morgan fingerprint density at radius 2 is 1.52 bits per heavy atom. The predicted molar refractivity (Wildman–Crippen MR) is 98.0 cm³/mol. The topological polar surface area (TPSA) is 0 Å². The zero-order valence-electron chi connectivity index (χ0n) is 14.1. The fourth-order valence-electron chi connectivity index (χ4n) is 3.96. The highest BCUT2D eigenvalue weighted by atomic mass is 14.4. The molecule has 114 valence electrons. The van der Waals surface area contributed by atoms with Gasteiger partial charge < -0.3 is 0 Å². The van der Waals surface area contributed by atoms with E-state index in [9.17, 15) is 0 Å². The minimum absolute atomic E-state index is 0.0867. The lowest BCUT2D eigenvalue weighted by Gasteiger charge is -2.22. The van der Waals surface area contributed by atoms with Crippen LogP contribution in [0.2, 0.25) is 0 Å². The average molecular weight is 298 g/mol. The van der Waals surface area contributed by atoms with Crippen LogP contribution in [0.15, 0.2) is 66.7 Å². The van der Waals surface area contributed by atoms with E-state index in [4.69, 9.17) is 0 Å². The maximum Gasteiger partial charge on any atom is 0.0159 e. The Balaban J connectivity index is 1.82. The van der Waals surface area contributed by atoms with Crippen molar-refractivity contribution in [1.29, 1.82) is 0 Å². The van der Waals surface area contributed by atoms with E-state index < -0.39 is 0 Å². The van der Waals surface area contributed by atoms with E-state index in [-0.39, 0.29) is 5.41 Å². The first kappa shape index (κ1) is 14.3. The lowest BCUT2D eigenvalue weighted by atomic mass is 9.81. The lowest BCUT2D eigenvalue weighted by molar-refractivity contribution is 0.659. The number of benzene rings is 3. The van der Waals surface area contributed by atoms with Crippen molar-refractivity contribution in [3.63, 3.8) is 0 Å². The fourth-order valence-corrected chi connectivity index (χ4v) is 3.96. The summed E-state index contributed by atoms with van der Waals surface area (Å²) in [6.45, 7) is 6.93. The number of hydrogen-bond donors (Lipinski definition) is 0. The third-order valence-electron chi connectivity index (χ3n) is 5.22. The molecule has 1 aliphatic carbocycles. The summed E-state index contributed by atoms with van der Waals surface area (Å²) in [4.78, 5) is 0. The van der Waals surface area contributed by atoms with Gasteiger partial charge in [-0.05, 0) is 52.3 Å². The summed E-state index contributed by atoms with van der Waals surface area (Å²) in [6, 6.07) is 24.5. The molecule has 0 bridgehead atoms. The quantitative estimate of drug-likeness (QED) is 0.553. The van der Waals surface area contributed by atoms with Crippen LogP contribution in [0.3, 0.4) is 0 Å². The molecule has 0 radical (unpaired) electrons. The van der Waals surface area contributed by atoms with Crippen molar-refractivity contribution in [2.75, 3.05) is 0 Å². The van der Waals surface area contributed by atoms with Gasteiger partial charge in [0.2, 0.25) is 0 Å². The van der Waals surface area contributed by atoms with Gasteiger partial charge in [0.05, 0.1) is 0 Å². The van der Waals surface area contributed by atoms with Crippen LogP contribution in [0, 0.1) is 6.92 Å². The lowest BCUT2D eigenvalue weighted by Crippen LogP contribution is -2.15. The van der Waals surface area contributed by atoms with E-state index in [2.05, 4.69) is 87.5 Å². The first-order valence-electron chi connectivity index (χ1n) is 8.35. The van der Waals surface area contributed by atoms with E-state index in [1.807, 2.05) is 0 Å². The average Bonchev–Trinajstić information content (AvgIpc) is 2.78. The third-order valence-corrected chi connectivity index (χ3v) is 5.22. The molecule has 23 heavy (non-hydrogen) atoms. The maximum atomic E-state index is 2.42. The molecule has 0 atom stereocenters. The van der Waals surface area contributed by atoms with Gasteiger partial charge in [0.1, 0.15) is 0 Å². The second kappa shape index (κ2) is 5.09. The molecule has 0 amide bonds. The van der Waals surface area contributed by atoms with Crippen LogP contribution in [0.25, 0.3) is 11.1 Å². The van der Waals surface area contributed by atoms with Gasteiger partial charge in [0, 0.05) is 5.41 Å². The Hall–Kier alpha value is -2.34. The van der Waals surface area contributed by atoms with E-state index >= 15 is 0 Å². The fraction of sp³-hybridized carbons (Fsp3) is 0.217. The standard InChI is InChI=1S/C23H22/c1-16-8-7-11-20-22(16)19-13-12-18(15-21(19)23(20,2)3)14-17-9-5-4-6-10-17/h4-13,15H,14H2,1-3H3. The summed E-state index contributed by atoms with van der Waals surface area (Å²) in [7, 11) is 0. The van der Waals surface area contributed by atoms with Crippen LogP contribution < -0.4 is 0 Å². The van der Waals surface area contributed by atoms with Gasteiger partial charge in [-0.25, -0.2) is 0 Å². The molecule has 0 N–H and O–H groups in total. The summed E-state index contributed by atoms with van der Waals surface area (Å²) in [5.41, 5.74) is 10.0. The number of hydrogen-bond acceptors (Lipinski definition) is 0. The highest BCUT2D eigenvalue weighted by Crippen LogP contribution is 2.50. The van der Waals surface area contributed by atoms with Gasteiger partial charge in [0.25, 0.3) is 0 Å². The van der Waals surface area contributed by atoms with Crippen molar-refractivity contribution in [2.45, 2.75) is 32.6 Å². The van der Waals surface area contributed by atoms with Crippen LogP contribution in [0.4, 0.5) is 0 Å². The third kappa shape index (κ3) is 2.21. The van der Waals surface area contributed by atoms with E-state index in [0.29, 0.717) is 0 Å². The highest BCUT2D eigenvalue weighted by Gasteiger charge is 2.36. The normalized spacial score (nSPS) is 14.4. The van der Waals surface area contributed by atoms with E-state index in [1.165, 1.54) is 38.9 Å². The van der Waals surface area contributed by atoms with Gasteiger partial charge >= 0.3 is 0 Å². The van der Waals surface area contributed by atoms with Crippen molar-refractivity contribution >= 4 is 0 Å². The summed E-state index contributed by atoms with van der Waals surface area (Å²) in [5.74, 6) is 0. The summed E-state index contributed by atoms with van der Waals surface area (Å²) in [6.07, 6.45) is 1.000. The van der Waals surface area contributed by atoms with Crippen LogP contribution in [-0.4, -0.2) is 0 Å². The molecular weight excluding hydrogens is 276 g/mol. The summed E-state index contributed by atoms with van der Waals surface area (Å²) < 4.78 is 0.